The normalized spacial score (nSPS) is 24.0. The maximum Gasteiger partial charge on any atom is 0.309 e. The maximum absolute atomic E-state index is 11.2. The topological polar surface area (TPSA) is 52.6 Å². The van der Waals surface area contributed by atoms with Gasteiger partial charge in [-0.3, -0.25) is 4.79 Å². The number of anilines is 1. The average Bonchev–Trinajstić information content (AvgIpc) is 2.61. The summed E-state index contributed by atoms with van der Waals surface area (Å²) < 4.78 is 0. The Balaban J connectivity index is 2.17. The van der Waals surface area contributed by atoms with Gasteiger partial charge in [-0.05, 0) is 31.0 Å². The molecule has 0 saturated carbocycles. The lowest BCUT2D eigenvalue weighted by Gasteiger charge is -2.26. The van der Waals surface area contributed by atoms with Crippen LogP contribution < -0.4 is 10.2 Å². The smallest absolute Gasteiger partial charge is 0.309 e. The second-order valence-electron chi connectivity index (χ2n) is 5.27. The molecule has 0 aliphatic carbocycles. The Morgan fingerprint density at radius 2 is 2.05 bits per heavy atom. The molecule has 1 heterocycles. The molecular formula is C15H22N2O2. The molecule has 2 rings (SSSR count). The number of carboxylic acid groups (broad SMARTS) is 1. The zero-order valence-electron chi connectivity index (χ0n) is 11.6. The van der Waals surface area contributed by atoms with Crippen LogP contribution in [0.2, 0.25) is 0 Å². The highest BCUT2D eigenvalue weighted by molar-refractivity contribution is 5.71. The first-order valence-electron chi connectivity index (χ1n) is 6.90. The molecule has 1 aromatic rings. The van der Waals surface area contributed by atoms with Gasteiger partial charge in [0.25, 0.3) is 0 Å². The molecule has 1 aliphatic heterocycles. The number of carboxylic acids is 1. The Bertz CT molecular complexity index is 430. The molecule has 0 aromatic heterocycles. The van der Waals surface area contributed by atoms with Crippen molar-refractivity contribution in [3.05, 3.63) is 29.8 Å². The molecule has 0 radical (unpaired) electrons. The predicted octanol–water partition coefficient (Wildman–Crippen LogP) is 1.75. The first kappa shape index (κ1) is 13.9. The summed E-state index contributed by atoms with van der Waals surface area (Å²) in [5, 5.41) is 12.5. The highest BCUT2D eigenvalue weighted by Crippen LogP contribution is 2.19. The fourth-order valence-electron chi connectivity index (χ4n) is 2.46. The number of aryl methyl sites for hydroxylation is 1. The third-order valence-electron chi connectivity index (χ3n) is 3.71. The van der Waals surface area contributed by atoms with E-state index in [-0.39, 0.29) is 5.92 Å². The first-order valence-corrected chi connectivity index (χ1v) is 6.90. The summed E-state index contributed by atoms with van der Waals surface area (Å²) in [6, 6.07) is 8.73. The summed E-state index contributed by atoms with van der Waals surface area (Å²) in [6.45, 7) is 6.18. The molecule has 0 bridgehead atoms. The minimum absolute atomic E-state index is 0.301. The number of hydrogen-bond donors (Lipinski definition) is 2. The fourth-order valence-corrected chi connectivity index (χ4v) is 2.46. The van der Waals surface area contributed by atoms with Crippen LogP contribution in [-0.4, -0.2) is 36.8 Å². The zero-order valence-corrected chi connectivity index (χ0v) is 11.6. The molecule has 0 amide bonds. The lowest BCUT2D eigenvalue weighted by molar-refractivity contribution is -0.141. The number of rotatable bonds is 3. The highest BCUT2D eigenvalue weighted by Gasteiger charge is 2.26. The number of carbonyl (C=O) groups is 1. The van der Waals surface area contributed by atoms with Gasteiger partial charge in [0, 0.05) is 31.4 Å². The summed E-state index contributed by atoms with van der Waals surface area (Å²) in [7, 11) is 0. The van der Waals surface area contributed by atoms with Crippen LogP contribution in [0.4, 0.5) is 5.69 Å². The summed E-state index contributed by atoms with van der Waals surface area (Å²) >= 11 is 0. The number of benzene rings is 1. The number of nitrogens with one attached hydrogen (secondary N) is 1. The van der Waals surface area contributed by atoms with Crippen molar-refractivity contribution in [2.75, 3.05) is 24.5 Å². The fraction of sp³-hybridized carbons (Fsp3) is 0.533. The van der Waals surface area contributed by atoms with E-state index in [4.69, 9.17) is 0 Å². The largest absolute Gasteiger partial charge is 0.481 e. The Morgan fingerprint density at radius 1 is 1.37 bits per heavy atom. The van der Waals surface area contributed by atoms with Crippen molar-refractivity contribution < 1.29 is 9.90 Å². The maximum atomic E-state index is 11.2. The van der Waals surface area contributed by atoms with Crippen molar-refractivity contribution in [2.45, 2.75) is 26.3 Å². The lowest BCUT2D eigenvalue weighted by Crippen LogP contribution is -2.35. The molecule has 1 saturated heterocycles. The zero-order chi connectivity index (χ0) is 13.8. The second kappa shape index (κ2) is 6.06. The van der Waals surface area contributed by atoms with Crippen molar-refractivity contribution in [3.8, 4) is 0 Å². The number of aliphatic carboxylic acids is 1. The van der Waals surface area contributed by atoms with E-state index in [9.17, 15) is 9.90 Å². The summed E-state index contributed by atoms with van der Waals surface area (Å²) in [6.07, 6.45) is 1.02. The van der Waals surface area contributed by atoms with Gasteiger partial charge in [-0.15, -0.1) is 0 Å². The van der Waals surface area contributed by atoms with E-state index < -0.39 is 5.97 Å². The molecule has 104 valence electrons. The second-order valence-corrected chi connectivity index (χ2v) is 5.27. The van der Waals surface area contributed by atoms with Gasteiger partial charge in [-0.2, -0.15) is 0 Å². The van der Waals surface area contributed by atoms with E-state index in [0.717, 1.165) is 18.7 Å². The van der Waals surface area contributed by atoms with Crippen molar-refractivity contribution in [1.29, 1.82) is 0 Å². The molecule has 0 spiro atoms. The van der Waals surface area contributed by atoms with Crippen LogP contribution in [0.1, 0.15) is 19.4 Å². The average molecular weight is 262 g/mol. The molecule has 1 aliphatic rings. The van der Waals surface area contributed by atoms with Crippen LogP contribution in [0.25, 0.3) is 0 Å². The van der Waals surface area contributed by atoms with Gasteiger partial charge in [0.1, 0.15) is 0 Å². The van der Waals surface area contributed by atoms with E-state index >= 15 is 0 Å². The molecule has 4 heteroatoms. The van der Waals surface area contributed by atoms with E-state index in [0.29, 0.717) is 19.1 Å². The Labute approximate surface area is 114 Å². The molecule has 2 atom stereocenters. The first-order chi connectivity index (χ1) is 9.10. The quantitative estimate of drug-likeness (QED) is 0.871. The van der Waals surface area contributed by atoms with Crippen LogP contribution in [0.3, 0.4) is 0 Å². The number of nitrogens with zero attached hydrogens (tertiary/aromatic N) is 1. The van der Waals surface area contributed by atoms with Gasteiger partial charge in [0.2, 0.25) is 0 Å². The third-order valence-corrected chi connectivity index (χ3v) is 3.71. The van der Waals surface area contributed by atoms with E-state index in [1.165, 1.54) is 5.56 Å². The van der Waals surface area contributed by atoms with Crippen LogP contribution >= 0.6 is 0 Å². The summed E-state index contributed by atoms with van der Waals surface area (Å²) in [4.78, 5) is 13.4. The SMILES string of the molecule is CCc1ccc(N2CC(C)NCC(C(=O)O)C2)cc1. The summed E-state index contributed by atoms with van der Waals surface area (Å²) in [5.74, 6) is -1.08. The van der Waals surface area contributed by atoms with Crippen molar-refractivity contribution in [1.82, 2.24) is 5.32 Å². The van der Waals surface area contributed by atoms with Crippen LogP contribution in [0.5, 0.6) is 0 Å². The van der Waals surface area contributed by atoms with Crippen molar-refractivity contribution in [2.24, 2.45) is 5.92 Å². The van der Waals surface area contributed by atoms with Gasteiger partial charge in [0.05, 0.1) is 5.92 Å². The van der Waals surface area contributed by atoms with Gasteiger partial charge < -0.3 is 15.3 Å². The molecule has 2 N–H and O–H groups in total. The van der Waals surface area contributed by atoms with Crippen LogP contribution in [-0.2, 0) is 11.2 Å². The van der Waals surface area contributed by atoms with Gasteiger partial charge in [-0.25, -0.2) is 0 Å². The van der Waals surface area contributed by atoms with Crippen LogP contribution in [0.15, 0.2) is 24.3 Å². The van der Waals surface area contributed by atoms with Gasteiger partial charge in [0.15, 0.2) is 0 Å². The number of hydrogen-bond acceptors (Lipinski definition) is 3. The van der Waals surface area contributed by atoms with E-state index in [1.807, 2.05) is 0 Å². The molecule has 4 nitrogen and oxygen atoms in total. The minimum Gasteiger partial charge on any atom is -0.481 e. The Hall–Kier alpha value is -1.55. The Morgan fingerprint density at radius 3 is 2.63 bits per heavy atom. The molecular weight excluding hydrogens is 240 g/mol. The Kier molecular flexibility index (Phi) is 4.43. The van der Waals surface area contributed by atoms with Crippen molar-refractivity contribution in [3.63, 3.8) is 0 Å². The van der Waals surface area contributed by atoms with Crippen molar-refractivity contribution >= 4 is 11.7 Å². The third kappa shape index (κ3) is 3.47. The lowest BCUT2D eigenvalue weighted by atomic mass is 10.1. The summed E-state index contributed by atoms with van der Waals surface area (Å²) in [5.41, 5.74) is 2.42. The standard InChI is InChI=1S/C15H22N2O2/c1-3-12-4-6-14(7-5-12)17-9-11(2)16-8-13(10-17)15(18)19/h4-7,11,13,16H,3,8-10H2,1-2H3,(H,18,19). The van der Waals surface area contributed by atoms with E-state index in [1.54, 1.807) is 0 Å². The van der Waals surface area contributed by atoms with Crippen LogP contribution in [0, 0.1) is 5.92 Å². The molecule has 2 unspecified atom stereocenters. The van der Waals surface area contributed by atoms with Gasteiger partial charge in [-0.1, -0.05) is 19.1 Å². The van der Waals surface area contributed by atoms with Gasteiger partial charge >= 0.3 is 5.97 Å². The predicted molar refractivity (Wildman–Crippen MR) is 76.6 cm³/mol. The molecule has 1 aromatic carbocycles. The highest BCUT2D eigenvalue weighted by atomic mass is 16.4. The molecule has 1 fully saturated rings. The molecule has 19 heavy (non-hydrogen) atoms. The van der Waals surface area contributed by atoms with E-state index in [2.05, 4.69) is 48.3 Å². The minimum atomic E-state index is -0.725. The monoisotopic (exact) mass is 262 g/mol.